The number of carbonyl (C=O) groups is 2. The molecule has 10 heteroatoms. The normalized spacial score (nSPS) is 10.7. The lowest BCUT2D eigenvalue weighted by Gasteiger charge is -2.11. The second kappa shape index (κ2) is 11.7. The van der Waals surface area contributed by atoms with Crippen molar-refractivity contribution in [3.63, 3.8) is 0 Å². The maximum absolute atomic E-state index is 12.0. The Morgan fingerprint density at radius 1 is 0.912 bits per heavy atom. The van der Waals surface area contributed by atoms with Gasteiger partial charge in [-0.3, -0.25) is 9.59 Å². The van der Waals surface area contributed by atoms with Gasteiger partial charge in [0.25, 0.3) is 0 Å². The molecule has 0 radical (unpaired) electrons. The van der Waals surface area contributed by atoms with Crippen molar-refractivity contribution in [1.29, 1.82) is 0 Å². The molecule has 2 amide bonds. The molecule has 3 aromatic rings. The highest BCUT2D eigenvalue weighted by atomic mass is 35.5. The largest absolute Gasteiger partial charge is 0.493 e. The molecular weight excluding hydrogens is 501 g/mol. The molecule has 0 unspecified atom stereocenters. The number of halogens is 3. The third-order valence-corrected chi connectivity index (χ3v) is 5.73. The fraction of sp³-hybridized carbons (Fsp3) is 0.125. The zero-order valence-corrected chi connectivity index (χ0v) is 20.5. The number of anilines is 1. The van der Waals surface area contributed by atoms with Crippen LogP contribution in [0.3, 0.4) is 0 Å². The summed E-state index contributed by atoms with van der Waals surface area (Å²) in [5.41, 5.74) is 4.89. The quantitative estimate of drug-likeness (QED) is 0.240. The van der Waals surface area contributed by atoms with Crippen LogP contribution in [0, 0.1) is 6.92 Å². The molecular formula is C24H20Cl3N3O4. The molecule has 34 heavy (non-hydrogen) atoms. The van der Waals surface area contributed by atoms with Gasteiger partial charge >= 0.3 is 11.8 Å². The maximum atomic E-state index is 12.0. The summed E-state index contributed by atoms with van der Waals surface area (Å²) >= 11 is 18.0. The van der Waals surface area contributed by atoms with E-state index in [1.165, 1.54) is 13.3 Å². The SMILES string of the molecule is COc1cc(/C=N\NC(=O)C(=O)Nc2ccc(C)c(Cl)c2)ccc1OCc1ccc(Cl)c(Cl)c1. The smallest absolute Gasteiger partial charge is 0.329 e. The monoisotopic (exact) mass is 519 g/mol. The van der Waals surface area contributed by atoms with Crippen molar-refractivity contribution in [2.75, 3.05) is 12.4 Å². The molecule has 0 bridgehead atoms. The van der Waals surface area contributed by atoms with Gasteiger partial charge in [-0.25, -0.2) is 5.43 Å². The van der Waals surface area contributed by atoms with E-state index >= 15 is 0 Å². The van der Waals surface area contributed by atoms with Gasteiger partial charge < -0.3 is 14.8 Å². The number of rotatable bonds is 7. The van der Waals surface area contributed by atoms with Gasteiger partial charge in [-0.1, -0.05) is 46.9 Å². The topological polar surface area (TPSA) is 89.0 Å². The molecule has 0 atom stereocenters. The minimum atomic E-state index is -0.929. The van der Waals surface area contributed by atoms with E-state index in [0.29, 0.717) is 37.8 Å². The molecule has 3 aromatic carbocycles. The molecule has 176 valence electrons. The van der Waals surface area contributed by atoms with Crippen LogP contribution < -0.4 is 20.2 Å². The van der Waals surface area contributed by atoms with Gasteiger partial charge in [0, 0.05) is 10.7 Å². The number of methoxy groups -OCH3 is 1. The van der Waals surface area contributed by atoms with Gasteiger partial charge in [0.2, 0.25) is 0 Å². The minimum Gasteiger partial charge on any atom is -0.493 e. The fourth-order valence-electron chi connectivity index (χ4n) is 2.75. The van der Waals surface area contributed by atoms with Crippen molar-refractivity contribution >= 4 is 58.5 Å². The third kappa shape index (κ3) is 6.87. The van der Waals surface area contributed by atoms with Crippen LogP contribution in [-0.4, -0.2) is 25.1 Å². The van der Waals surface area contributed by atoms with Crippen LogP contribution in [0.4, 0.5) is 5.69 Å². The van der Waals surface area contributed by atoms with Crippen LogP contribution in [0.5, 0.6) is 11.5 Å². The summed E-state index contributed by atoms with van der Waals surface area (Å²) in [6, 6.07) is 15.3. The summed E-state index contributed by atoms with van der Waals surface area (Å²) in [6.07, 6.45) is 1.37. The molecule has 0 aliphatic heterocycles. The highest BCUT2D eigenvalue weighted by Crippen LogP contribution is 2.29. The third-order valence-electron chi connectivity index (χ3n) is 4.58. The molecule has 0 aliphatic carbocycles. The van der Waals surface area contributed by atoms with Crippen LogP contribution in [-0.2, 0) is 16.2 Å². The number of nitrogens with one attached hydrogen (secondary N) is 2. The van der Waals surface area contributed by atoms with Crippen molar-refractivity contribution < 1.29 is 19.1 Å². The number of hydrogen-bond donors (Lipinski definition) is 2. The van der Waals surface area contributed by atoms with Crippen molar-refractivity contribution in [2.45, 2.75) is 13.5 Å². The Hall–Kier alpha value is -3.26. The Balaban J connectivity index is 1.57. The van der Waals surface area contributed by atoms with Gasteiger partial charge in [0.05, 0.1) is 23.4 Å². The molecule has 3 rings (SSSR count). The minimum absolute atomic E-state index is 0.262. The van der Waals surface area contributed by atoms with Gasteiger partial charge in [0.1, 0.15) is 6.61 Å². The molecule has 0 aliphatic rings. The lowest BCUT2D eigenvalue weighted by Crippen LogP contribution is -2.32. The first-order valence-electron chi connectivity index (χ1n) is 9.92. The molecule has 2 N–H and O–H groups in total. The zero-order valence-electron chi connectivity index (χ0n) is 18.2. The number of benzene rings is 3. The lowest BCUT2D eigenvalue weighted by atomic mass is 10.2. The highest BCUT2D eigenvalue weighted by molar-refractivity contribution is 6.42. The van der Waals surface area contributed by atoms with Crippen LogP contribution in [0.2, 0.25) is 15.1 Å². The second-order valence-corrected chi connectivity index (χ2v) is 8.29. The Kier molecular flexibility index (Phi) is 8.76. The van der Waals surface area contributed by atoms with Gasteiger partial charge in [-0.2, -0.15) is 5.10 Å². The van der Waals surface area contributed by atoms with E-state index in [2.05, 4.69) is 15.8 Å². The predicted molar refractivity (Wildman–Crippen MR) is 134 cm³/mol. The van der Waals surface area contributed by atoms with Gasteiger partial charge in [-0.05, 0) is 66.1 Å². The molecule has 7 nitrogen and oxygen atoms in total. The Morgan fingerprint density at radius 2 is 1.71 bits per heavy atom. The second-order valence-electron chi connectivity index (χ2n) is 7.06. The van der Waals surface area contributed by atoms with E-state index in [0.717, 1.165) is 11.1 Å². The molecule has 0 spiro atoms. The van der Waals surface area contributed by atoms with Gasteiger partial charge in [-0.15, -0.1) is 0 Å². The molecule has 0 fully saturated rings. The van der Waals surface area contributed by atoms with Crippen LogP contribution in [0.15, 0.2) is 59.7 Å². The number of amides is 2. The van der Waals surface area contributed by atoms with Crippen LogP contribution in [0.25, 0.3) is 0 Å². The van der Waals surface area contributed by atoms with Crippen LogP contribution >= 0.6 is 34.8 Å². The number of carbonyl (C=O) groups excluding carboxylic acids is 2. The standard InChI is InChI=1S/C24H20Cl3N3O4/c1-14-3-6-17(11-19(14)26)29-23(31)24(32)30-28-12-15-5-8-21(22(10-15)33-2)34-13-16-4-7-18(25)20(27)9-16/h3-12H,13H2,1-2H3,(H,29,31)(H,30,32)/b28-12-. The highest BCUT2D eigenvalue weighted by Gasteiger charge is 2.13. The van der Waals surface area contributed by atoms with E-state index in [1.807, 2.05) is 13.0 Å². The Labute approximate surface area is 211 Å². The van der Waals surface area contributed by atoms with E-state index in [4.69, 9.17) is 44.3 Å². The number of nitrogens with zero attached hydrogens (tertiary/aromatic N) is 1. The fourth-order valence-corrected chi connectivity index (χ4v) is 3.25. The van der Waals surface area contributed by atoms with E-state index in [-0.39, 0.29) is 6.61 Å². The van der Waals surface area contributed by atoms with E-state index < -0.39 is 11.8 Å². The summed E-state index contributed by atoms with van der Waals surface area (Å²) in [4.78, 5) is 24.0. The average molecular weight is 521 g/mol. The first kappa shape index (κ1) is 25.4. The van der Waals surface area contributed by atoms with Crippen molar-refractivity contribution in [2.24, 2.45) is 5.10 Å². The van der Waals surface area contributed by atoms with Crippen molar-refractivity contribution in [1.82, 2.24) is 5.43 Å². The first-order valence-corrected chi connectivity index (χ1v) is 11.1. The Morgan fingerprint density at radius 3 is 2.41 bits per heavy atom. The van der Waals surface area contributed by atoms with Crippen molar-refractivity contribution in [3.8, 4) is 11.5 Å². The summed E-state index contributed by atoms with van der Waals surface area (Å²) in [5, 5.41) is 7.67. The summed E-state index contributed by atoms with van der Waals surface area (Å²) in [7, 11) is 1.51. The average Bonchev–Trinajstić information content (AvgIpc) is 2.82. The summed E-state index contributed by atoms with van der Waals surface area (Å²) in [6.45, 7) is 2.09. The number of ether oxygens (including phenoxy) is 2. The predicted octanol–water partition coefficient (Wildman–Crippen LogP) is 5.63. The van der Waals surface area contributed by atoms with E-state index in [1.54, 1.807) is 48.5 Å². The summed E-state index contributed by atoms with van der Waals surface area (Å²) in [5.74, 6) is -0.836. The van der Waals surface area contributed by atoms with Gasteiger partial charge in [0.15, 0.2) is 11.5 Å². The number of hydrazone groups is 1. The van der Waals surface area contributed by atoms with Crippen molar-refractivity contribution in [3.05, 3.63) is 86.4 Å². The van der Waals surface area contributed by atoms with Crippen LogP contribution in [0.1, 0.15) is 16.7 Å². The number of aryl methyl sites for hydroxylation is 1. The molecule has 0 aromatic heterocycles. The van der Waals surface area contributed by atoms with E-state index in [9.17, 15) is 9.59 Å². The molecule has 0 saturated carbocycles. The maximum Gasteiger partial charge on any atom is 0.329 e. The Bertz CT molecular complexity index is 1250. The number of hydrogen-bond acceptors (Lipinski definition) is 5. The molecule has 0 saturated heterocycles. The summed E-state index contributed by atoms with van der Waals surface area (Å²) < 4.78 is 11.2. The first-order chi connectivity index (χ1) is 16.3. The zero-order chi connectivity index (χ0) is 24.7. The lowest BCUT2D eigenvalue weighted by molar-refractivity contribution is -0.136. The molecule has 0 heterocycles.